The molecule has 0 bridgehead atoms. The summed E-state index contributed by atoms with van der Waals surface area (Å²) in [6.45, 7) is 2.43. The summed E-state index contributed by atoms with van der Waals surface area (Å²) in [5, 5.41) is 3.01. The molecule has 2 aliphatic rings. The van der Waals surface area contributed by atoms with Crippen LogP contribution in [-0.2, 0) is 14.8 Å². The molecule has 1 aromatic rings. The van der Waals surface area contributed by atoms with Crippen molar-refractivity contribution in [2.45, 2.75) is 69.2 Å². The first-order chi connectivity index (χ1) is 13.4. The van der Waals surface area contributed by atoms with Crippen molar-refractivity contribution in [2.24, 2.45) is 5.92 Å². The number of benzene rings is 1. The van der Waals surface area contributed by atoms with Gasteiger partial charge in [-0.25, -0.2) is 8.42 Å². The molecule has 0 radical (unpaired) electrons. The summed E-state index contributed by atoms with van der Waals surface area (Å²) < 4.78 is 27.6. The molecule has 7 heteroatoms. The molecule has 154 valence electrons. The molecule has 6 nitrogen and oxygen atoms in total. The van der Waals surface area contributed by atoms with Gasteiger partial charge in [0.15, 0.2) is 5.78 Å². The standard InChI is InChI=1S/C21H30N2O4S/c1-16(24)18-10-12-19(13-11-18)28(26,27)23-14-6-5-9-20(23)21(25)22-15-17-7-3-2-4-8-17/h10-13,17,20H,2-9,14-15H2,1H3,(H,22,25). The molecule has 1 atom stereocenters. The molecule has 1 saturated heterocycles. The third-order valence-corrected chi connectivity index (χ3v) is 7.84. The Hall–Kier alpha value is -1.73. The van der Waals surface area contributed by atoms with Crippen molar-refractivity contribution in [3.05, 3.63) is 29.8 Å². The van der Waals surface area contributed by atoms with Crippen LogP contribution in [0.25, 0.3) is 0 Å². The average molecular weight is 407 g/mol. The number of hydrogen-bond donors (Lipinski definition) is 1. The Bertz CT molecular complexity index is 798. The number of carbonyl (C=O) groups excluding carboxylic acids is 2. The highest BCUT2D eigenvalue weighted by molar-refractivity contribution is 7.89. The summed E-state index contributed by atoms with van der Waals surface area (Å²) >= 11 is 0. The highest BCUT2D eigenvalue weighted by Crippen LogP contribution is 2.27. The molecule has 1 amide bonds. The normalized spacial score (nSPS) is 22.0. The maximum Gasteiger partial charge on any atom is 0.243 e. The average Bonchev–Trinajstić information content (AvgIpc) is 2.72. The number of rotatable bonds is 6. The fraction of sp³-hybridized carbons (Fsp3) is 0.619. The minimum Gasteiger partial charge on any atom is -0.354 e. The van der Waals surface area contributed by atoms with Gasteiger partial charge in [-0.1, -0.05) is 37.8 Å². The van der Waals surface area contributed by atoms with Crippen molar-refractivity contribution in [1.82, 2.24) is 9.62 Å². The fourth-order valence-corrected chi connectivity index (χ4v) is 5.86. The van der Waals surface area contributed by atoms with Crippen molar-refractivity contribution in [1.29, 1.82) is 0 Å². The van der Waals surface area contributed by atoms with Crippen LogP contribution in [0.1, 0.15) is 68.6 Å². The van der Waals surface area contributed by atoms with E-state index in [9.17, 15) is 18.0 Å². The molecule has 28 heavy (non-hydrogen) atoms. The number of nitrogens with one attached hydrogen (secondary N) is 1. The lowest BCUT2D eigenvalue weighted by Gasteiger charge is -2.34. The van der Waals surface area contributed by atoms with Crippen LogP contribution in [0, 0.1) is 5.92 Å². The third kappa shape index (κ3) is 4.81. The first kappa shape index (κ1) is 21.0. The van der Waals surface area contributed by atoms with Crippen LogP contribution in [0.5, 0.6) is 0 Å². The zero-order valence-corrected chi connectivity index (χ0v) is 17.3. The van der Waals surface area contributed by atoms with E-state index in [0.717, 1.165) is 25.7 Å². The van der Waals surface area contributed by atoms with Gasteiger partial charge in [0.2, 0.25) is 15.9 Å². The topological polar surface area (TPSA) is 83.6 Å². The number of piperidine rings is 1. The number of ketones is 1. The van der Waals surface area contributed by atoms with E-state index in [4.69, 9.17) is 0 Å². The minimum atomic E-state index is -3.78. The van der Waals surface area contributed by atoms with Crippen molar-refractivity contribution < 1.29 is 18.0 Å². The van der Waals surface area contributed by atoms with Gasteiger partial charge in [0, 0.05) is 18.7 Å². The van der Waals surface area contributed by atoms with E-state index in [1.165, 1.54) is 54.8 Å². The van der Waals surface area contributed by atoms with Gasteiger partial charge in [0.05, 0.1) is 4.90 Å². The number of nitrogens with zero attached hydrogens (tertiary/aromatic N) is 1. The van der Waals surface area contributed by atoms with Crippen LogP contribution in [0.15, 0.2) is 29.2 Å². The Labute approximate surface area is 167 Å². The van der Waals surface area contributed by atoms with Gasteiger partial charge >= 0.3 is 0 Å². The van der Waals surface area contributed by atoms with Gasteiger partial charge in [0.25, 0.3) is 0 Å². The smallest absolute Gasteiger partial charge is 0.243 e. The minimum absolute atomic E-state index is 0.109. The first-order valence-corrected chi connectivity index (χ1v) is 11.7. The van der Waals surface area contributed by atoms with Crippen molar-refractivity contribution in [3.63, 3.8) is 0 Å². The first-order valence-electron chi connectivity index (χ1n) is 10.3. The number of amides is 1. The van der Waals surface area contributed by atoms with E-state index in [1.54, 1.807) is 0 Å². The molecule has 1 saturated carbocycles. The molecular weight excluding hydrogens is 376 g/mol. The Morgan fingerprint density at radius 3 is 2.29 bits per heavy atom. The van der Waals surface area contributed by atoms with Crippen LogP contribution in [0.4, 0.5) is 0 Å². The highest BCUT2D eigenvalue weighted by Gasteiger charge is 2.37. The van der Waals surface area contributed by atoms with E-state index >= 15 is 0 Å². The quantitative estimate of drug-likeness (QED) is 0.736. The van der Waals surface area contributed by atoms with Crippen molar-refractivity contribution >= 4 is 21.7 Å². The number of sulfonamides is 1. The highest BCUT2D eigenvalue weighted by atomic mass is 32.2. The summed E-state index contributed by atoms with van der Waals surface area (Å²) in [4.78, 5) is 24.4. The van der Waals surface area contributed by atoms with Crippen LogP contribution in [-0.4, -0.2) is 43.5 Å². The Balaban J connectivity index is 1.72. The Kier molecular flexibility index (Phi) is 6.88. The molecule has 1 N–H and O–H groups in total. The number of hydrogen-bond acceptors (Lipinski definition) is 4. The van der Waals surface area contributed by atoms with Crippen molar-refractivity contribution in [3.8, 4) is 0 Å². The molecule has 1 aliphatic heterocycles. The fourth-order valence-electron chi connectivity index (χ4n) is 4.21. The molecular formula is C21H30N2O4S. The van der Waals surface area contributed by atoms with Gasteiger partial charge in [-0.15, -0.1) is 0 Å². The van der Waals surface area contributed by atoms with Gasteiger partial charge in [-0.2, -0.15) is 4.31 Å². The van der Waals surface area contributed by atoms with Gasteiger partial charge < -0.3 is 5.32 Å². The lowest BCUT2D eigenvalue weighted by Crippen LogP contribution is -2.52. The molecule has 1 aromatic carbocycles. The third-order valence-electron chi connectivity index (χ3n) is 5.91. The SMILES string of the molecule is CC(=O)c1ccc(S(=O)(=O)N2CCCCC2C(=O)NCC2CCCCC2)cc1. The zero-order chi connectivity index (χ0) is 20.1. The number of carbonyl (C=O) groups is 2. The predicted octanol–water partition coefficient (Wildman–Crippen LogP) is 3.13. The number of Topliss-reactive ketones (excluding diaryl/α,β-unsaturated/α-hetero) is 1. The van der Waals surface area contributed by atoms with E-state index in [2.05, 4.69) is 5.32 Å². The van der Waals surface area contributed by atoms with Gasteiger partial charge in [-0.3, -0.25) is 9.59 Å². The van der Waals surface area contributed by atoms with Crippen molar-refractivity contribution in [2.75, 3.05) is 13.1 Å². The van der Waals surface area contributed by atoms with Crippen LogP contribution in [0.3, 0.4) is 0 Å². The summed E-state index contributed by atoms with van der Waals surface area (Å²) in [6.07, 6.45) is 8.09. The maximum atomic E-state index is 13.2. The second-order valence-corrected chi connectivity index (χ2v) is 9.85. The summed E-state index contributed by atoms with van der Waals surface area (Å²) in [7, 11) is -3.78. The Morgan fingerprint density at radius 1 is 1.00 bits per heavy atom. The molecule has 0 aromatic heterocycles. The molecule has 1 heterocycles. The maximum absolute atomic E-state index is 13.2. The lowest BCUT2D eigenvalue weighted by molar-refractivity contribution is -0.125. The molecule has 1 aliphatic carbocycles. The van der Waals surface area contributed by atoms with E-state index in [-0.39, 0.29) is 16.6 Å². The molecule has 0 spiro atoms. The van der Waals surface area contributed by atoms with E-state index in [1.807, 2.05) is 0 Å². The molecule has 2 fully saturated rings. The summed E-state index contributed by atoms with van der Waals surface area (Å²) in [6, 6.07) is 5.30. The summed E-state index contributed by atoms with van der Waals surface area (Å²) in [5.74, 6) is 0.210. The van der Waals surface area contributed by atoms with E-state index in [0.29, 0.717) is 31.0 Å². The monoisotopic (exact) mass is 406 g/mol. The molecule has 3 rings (SSSR count). The van der Waals surface area contributed by atoms with Crippen LogP contribution >= 0.6 is 0 Å². The van der Waals surface area contributed by atoms with Crippen LogP contribution < -0.4 is 5.32 Å². The van der Waals surface area contributed by atoms with Gasteiger partial charge in [-0.05, 0) is 50.7 Å². The van der Waals surface area contributed by atoms with E-state index < -0.39 is 16.1 Å². The predicted molar refractivity (Wildman–Crippen MR) is 108 cm³/mol. The zero-order valence-electron chi connectivity index (χ0n) is 16.5. The lowest BCUT2D eigenvalue weighted by atomic mass is 9.89. The summed E-state index contributed by atoms with van der Waals surface area (Å²) in [5.41, 5.74) is 0.472. The second-order valence-electron chi connectivity index (χ2n) is 7.96. The van der Waals surface area contributed by atoms with Crippen LogP contribution in [0.2, 0.25) is 0 Å². The molecule has 1 unspecified atom stereocenters. The van der Waals surface area contributed by atoms with Gasteiger partial charge in [0.1, 0.15) is 6.04 Å². The second kappa shape index (κ2) is 9.18. The Morgan fingerprint density at radius 2 is 1.64 bits per heavy atom. The largest absolute Gasteiger partial charge is 0.354 e.